The van der Waals surface area contributed by atoms with Gasteiger partial charge in [-0.05, 0) is 24.7 Å². The van der Waals surface area contributed by atoms with Gasteiger partial charge in [0.05, 0.1) is 16.8 Å². The molecule has 0 aliphatic heterocycles. The van der Waals surface area contributed by atoms with Crippen molar-refractivity contribution in [3.63, 3.8) is 0 Å². The van der Waals surface area contributed by atoms with Crippen LogP contribution in [0.4, 0.5) is 10.1 Å². The monoisotopic (exact) mass is 331 g/mol. The van der Waals surface area contributed by atoms with Crippen LogP contribution in [0, 0.1) is 5.82 Å². The highest BCUT2D eigenvalue weighted by atomic mass is 35.5. The van der Waals surface area contributed by atoms with Crippen LogP contribution in [0.5, 0.6) is 5.75 Å². The number of aliphatic imine (C=N–C) groups is 1. The number of isothiocyanates is 1. The third kappa shape index (κ3) is 6.21. The zero-order valence-corrected chi connectivity index (χ0v) is 13.1. The topological polar surface area (TPSA) is 47.9 Å². The van der Waals surface area contributed by atoms with Crippen LogP contribution in [0.25, 0.3) is 0 Å². The van der Waals surface area contributed by atoms with Gasteiger partial charge in [-0.3, -0.25) is 0 Å². The Morgan fingerprint density at radius 3 is 2.90 bits per heavy atom. The fourth-order valence-corrected chi connectivity index (χ4v) is 1.78. The number of thiocarbonyl (C=S) groups is 1. The van der Waals surface area contributed by atoms with Crippen LogP contribution < -0.4 is 4.74 Å². The van der Waals surface area contributed by atoms with E-state index in [2.05, 4.69) is 29.3 Å². The Morgan fingerprint density at radius 2 is 2.24 bits per heavy atom. The molecule has 21 heavy (non-hydrogen) atoms. The van der Waals surface area contributed by atoms with Gasteiger partial charge in [-0.15, -0.1) is 0 Å². The van der Waals surface area contributed by atoms with Crippen molar-refractivity contribution in [1.29, 1.82) is 0 Å². The summed E-state index contributed by atoms with van der Waals surface area (Å²) in [5.41, 5.74) is -0.0549. The molecule has 0 saturated heterocycles. The molecule has 0 N–H and O–H groups in total. The lowest BCUT2D eigenvalue weighted by Crippen LogP contribution is -2.15. The lowest BCUT2D eigenvalue weighted by molar-refractivity contribution is -0.146. The molecule has 1 rings (SSSR count). The van der Waals surface area contributed by atoms with E-state index >= 15 is 0 Å². The largest absolute Gasteiger partial charge is 0.480 e. The van der Waals surface area contributed by atoms with Crippen LogP contribution in [0.3, 0.4) is 0 Å². The summed E-state index contributed by atoms with van der Waals surface area (Å²) in [5.74, 6) is -1.02. The second kappa shape index (κ2) is 9.45. The Labute approximate surface area is 132 Å². The SMILES string of the molecule is CCCCCOC(=O)COc1cc(N=C=S)c(F)cc1Cl. The van der Waals surface area contributed by atoms with Gasteiger partial charge in [0.1, 0.15) is 11.4 Å². The number of ether oxygens (including phenoxy) is 2. The molecule has 0 amide bonds. The highest BCUT2D eigenvalue weighted by molar-refractivity contribution is 7.78. The summed E-state index contributed by atoms with van der Waals surface area (Å²) in [6.45, 7) is 2.10. The van der Waals surface area contributed by atoms with Crippen molar-refractivity contribution < 1.29 is 18.7 Å². The normalized spacial score (nSPS) is 9.86. The molecule has 114 valence electrons. The molecule has 0 radical (unpaired) electrons. The minimum absolute atomic E-state index is 0.0367. The third-order valence-electron chi connectivity index (χ3n) is 2.52. The van der Waals surface area contributed by atoms with E-state index in [0.29, 0.717) is 6.61 Å². The quantitative estimate of drug-likeness (QED) is 0.308. The van der Waals surface area contributed by atoms with Gasteiger partial charge >= 0.3 is 5.97 Å². The van der Waals surface area contributed by atoms with Gasteiger partial charge in [-0.1, -0.05) is 31.4 Å². The highest BCUT2D eigenvalue weighted by Gasteiger charge is 2.11. The first-order valence-electron chi connectivity index (χ1n) is 6.43. The van der Waals surface area contributed by atoms with Gasteiger partial charge in [0.25, 0.3) is 0 Å². The maximum absolute atomic E-state index is 13.4. The molecule has 0 saturated carbocycles. The van der Waals surface area contributed by atoms with Crippen molar-refractivity contribution in [1.82, 2.24) is 0 Å². The van der Waals surface area contributed by atoms with E-state index in [1.54, 1.807) is 0 Å². The number of esters is 1. The van der Waals surface area contributed by atoms with Gasteiger partial charge in [0, 0.05) is 6.07 Å². The Morgan fingerprint density at radius 1 is 1.48 bits per heavy atom. The molecule has 1 aromatic carbocycles. The van der Waals surface area contributed by atoms with E-state index in [4.69, 9.17) is 21.1 Å². The van der Waals surface area contributed by atoms with E-state index in [-0.39, 0.29) is 23.1 Å². The Kier molecular flexibility index (Phi) is 7.90. The van der Waals surface area contributed by atoms with Gasteiger partial charge < -0.3 is 9.47 Å². The highest BCUT2D eigenvalue weighted by Crippen LogP contribution is 2.31. The minimum atomic E-state index is -0.646. The number of hydrogen-bond acceptors (Lipinski definition) is 5. The van der Waals surface area contributed by atoms with E-state index < -0.39 is 11.8 Å². The number of carbonyl (C=O) groups excluding carboxylic acids is 1. The lowest BCUT2D eigenvalue weighted by Gasteiger charge is -2.09. The molecular weight excluding hydrogens is 317 g/mol. The molecule has 0 heterocycles. The number of carbonyl (C=O) groups is 1. The molecule has 0 fully saturated rings. The van der Waals surface area contributed by atoms with Crippen molar-refractivity contribution in [2.75, 3.05) is 13.2 Å². The molecular formula is C14H15ClFNO3S. The lowest BCUT2D eigenvalue weighted by atomic mass is 10.3. The predicted molar refractivity (Wildman–Crippen MR) is 82.1 cm³/mol. The van der Waals surface area contributed by atoms with Gasteiger partial charge in [-0.25, -0.2) is 9.18 Å². The second-order valence-corrected chi connectivity index (χ2v) is 4.74. The first kappa shape index (κ1) is 17.6. The summed E-state index contributed by atoms with van der Waals surface area (Å²) < 4.78 is 23.6. The first-order chi connectivity index (χ1) is 10.1. The van der Waals surface area contributed by atoms with Gasteiger partial charge in [0.2, 0.25) is 0 Å². The number of halogens is 2. The van der Waals surface area contributed by atoms with Crippen LogP contribution in [0.1, 0.15) is 26.2 Å². The maximum atomic E-state index is 13.4. The molecule has 0 aromatic heterocycles. The molecule has 0 aliphatic rings. The molecule has 0 aliphatic carbocycles. The number of hydrogen-bond donors (Lipinski definition) is 0. The third-order valence-corrected chi connectivity index (χ3v) is 2.91. The van der Waals surface area contributed by atoms with Gasteiger partial charge in [-0.2, -0.15) is 4.99 Å². The van der Waals surface area contributed by atoms with Gasteiger partial charge in [0.15, 0.2) is 12.4 Å². The summed E-state index contributed by atoms with van der Waals surface area (Å²) in [4.78, 5) is 15.0. The van der Waals surface area contributed by atoms with Crippen molar-refractivity contribution >= 4 is 40.6 Å². The number of rotatable bonds is 8. The average Bonchev–Trinajstić information content (AvgIpc) is 2.45. The fraction of sp³-hybridized carbons (Fsp3) is 0.429. The summed E-state index contributed by atoms with van der Waals surface area (Å²) in [5, 5.41) is 2.09. The molecule has 0 unspecified atom stereocenters. The van der Waals surface area contributed by atoms with Crippen LogP contribution >= 0.6 is 23.8 Å². The summed E-state index contributed by atoms with van der Waals surface area (Å²) in [6.07, 6.45) is 2.85. The molecule has 0 spiro atoms. The Bertz CT molecular complexity index is 547. The van der Waals surface area contributed by atoms with Crippen molar-refractivity contribution in [3.8, 4) is 5.75 Å². The maximum Gasteiger partial charge on any atom is 0.344 e. The van der Waals surface area contributed by atoms with Crippen molar-refractivity contribution in [2.45, 2.75) is 26.2 Å². The van der Waals surface area contributed by atoms with E-state index in [1.807, 2.05) is 0 Å². The second-order valence-electron chi connectivity index (χ2n) is 4.15. The Hall–Kier alpha value is -1.49. The molecule has 7 heteroatoms. The minimum Gasteiger partial charge on any atom is -0.480 e. The smallest absolute Gasteiger partial charge is 0.344 e. The zero-order valence-electron chi connectivity index (χ0n) is 11.5. The fourth-order valence-electron chi connectivity index (χ4n) is 1.48. The van der Waals surface area contributed by atoms with Crippen LogP contribution in [-0.2, 0) is 9.53 Å². The summed E-state index contributed by atoms with van der Waals surface area (Å²) in [7, 11) is 0. The number of benzene rings is 1. The summed E-state index contributed by atoms with van der Waals surface area (Å²) in [6, 6.07) is 2.29. The van der Waals surface area contributed by atoms with E-state index in [1.165, 1.54) is 6.07 Å². The number of nitrogens with zero attached hydrogens (tertiary/aromatic N) is 1. The molecule has 0 bridgehead atoms. The van der Waals surface area contributed by atoms with E-state index in [9.17, 15) is 9.18 Å². The van der Waals surface area contributed by atoms with Crippen LogP contribution in [-0.4, -0.2) is 24.3 Å². The zero-order chi connectivity index (χ0) is 15.7. The predicted octanol–water partition coefficient (Wildman–Crippen LogP) is 4.33. The van der Waals surface area contributed by atoms with Crippen molar-refractivity contribution in [3.05, 3.63) is 23.0 Å². The standard InChI is InChI=1S/C14H15ClFNO3S/c1-2-3-4-5-19-14(18)8-20-13-7-12(17-9-21)11(16)6-10(13)15/h6-7H,2-5,8H2,1H3. The van der Waals surface area contributed by atoms with Crippen LogP contribution in [0.15, 0.2) is 17.1 Å². The van der Waals surface area contributed by atoms with Crippen LogP contribution in [0.2, 0.25) is 5.02 Å². The number of unbranched alkanes of at least 4 members (excludes halogenated alkanes) is 2. The first-order valence-corrected chi connectivity index (χ1v) is 7.22. The molecule has 4 nitrogen and oxygen atoms in total. The molecule has 1 aromatic rings. The molecule has 0 atom stereocenters. The van der Waals surface area contributed by atoms with E-state index in [0.717, 1.165) is 25.3 Å². The summed E-state index contributed by atoms with van der Waals surface area (Å²) >= 11 is 10.2. The average molecular weight is 332 g/mol. The Balaban J connectivity index is 2.56. The van der Waals surface area contributed by atoms with Crippen molar-refractivity contribution in [2.24, 2.45) is 4.99 Å².